The molecule has 0 spiro atoms. The normalized spacial score (nSPS) is 12.7. The molecule has 17 rings (SSSR count). The molecule has 0 amide bonds. The molecule has 5 aliphatic heterocycles. The van der Waals surface area contributed by atoms with Crippen molar-refractivity contribution < 1.29 is 60.7 Å². The first-order chi connectivity index (χ1) is 38.2. The summed E-state index contributed by atoms with van der Waals surface area (Å²) in [6.45, 7) is 14.5. The number of rotatable bonds is 2. The summed E-state index contributed by atoms with van der Waals surface area (Å²) < 4.78 is 35.6. The van der Waals surface area contributed by atoms with E-state index in [1.165, 1.54) is 60.7 Å². The van der Waals surface area contributed by atoms with Crippen molar-refractivity contribution >= 4 is 42.8 Å². The summed E-state index contributed by atoms with van der Waals surface area (Å²) in [5.74, 6) is 7.75. The highest BCUT2D eigenvalue weighted by molar-refractivity contribution is 6.32. The molecular formula is C54H58B2N20O3+10. The number of imidazole rings is 4. The molecule has 2 N–H and O–H groups in total. The highest BCUT2D eigenvalue weighted by Gasteiger charge is 2.43. The predicted octanol–water partition coefficient (Wildman–Crippen LogP) is -2.16. The number of aryl methyl sites for hydroxylation is 8. The first kappa shape index (κ1) is 49.1. The average Bonchev–Trinajstić information content (AvgIpc) is 4.34. The fraction of sp³-hybridized carbons (Fsp3) is 0.241. The molecule has 25 heteroatoms. The van der Waals surface area contributed by atoms with Crippen LogP contribution in [0.15, 0.2) is 135 Å². The molecule has 11 aromatic heterocycles. The van der Waals surface area contributed by atoms with Gasteiger partial charge in [0.15, 0.2) is 57.0 Å². The summed E-state index contributed by atoms with van der Waals surface area (Å²) in [5, 5.41) is 21.7. The Labute approximate surface area is 454 Å². The third-order valence-electron chi connectivity index (χ3n) is 15.2. The van der Waals surface area contributed by atoms with Gasteiger partial charge in [0.05, 0.1) is 34.4 Å². The number of nitrogens with zero attached hydrogens (tertiary/aromatic N) is 20. The largest absolute Gasteiger partial charge is 0.772 e. The topological polar surface area (TPSA) is 177 Å². The Kier molecular flexibility index (Phi) is 11.8. The van der Waals surface area contributed by atoms with Crippen LogP contribution >= 0.6 is 0 Å². The fourth-order valence-corrected chi connectivity index (χ4v) is 11.4. The summed E-state index contributed by atoms with van der Waals surface area (Å²) in [7, 11) is 10.1. The molecule has 79 heavy (non-hydrogen) atoms. The second-order valence-corrected chi connectivity index (χ2v) is 20.3. The van der Waals surface area contributed by atoms with Gasteiger partial charge in [0, 0.05) is 70.1 Å². The number of benzene rings is 1. The minimum absolute atomic E-state index is 0.641. The van der Waals surface area contributed by atoms with Crippen LogP contribution in [0.5, 0.6) is 0 Å². The molecule has 0 atom stereocenters. The first-order valence-electron chi connectivity index (χ1n) is 25.9. The van der Waals surface area contributed by atoms with Gasteiger partial charge in [0.2, 0.25) is 38.5 Å². The Morgan fingerprint density at radius 1 is 0.532 bits per heavy atom. The molecule has 388 valence electrons. The molecule has 16 heterocycles. The van der Waals surface area contributed by atoms with Crippen molar-refractivity contribution in [1.29, 1.82) is 0 Å². The van der Waals surface area contributed by atoms with E-state index < -0.39 is 7.32 Å². The van der Waals surface area contributed by atoms with E-state index in [4.69, 9.17) is 22.8 Å². The first-order valence-corrected chi connectivity index (χ1v) is 25.9. The quantitative estimate of drug-likeness (QED) is 0.112. The average molecular weight is 1060 g/mol. The SMILES string of the molecule is Cc1ccnc2c1c1cccc3c1c1n2[n+](C)c[n+]1C3.Cc1cnc2n1C[n+]1ccc[n+](C)c1-2.Cc1cnc2n1C[n+]1ccc[n+](C)c1-2.Cc1cnc2n1C[n+]1ccc[n+](OB(O)O)c1-2.[B][n+]1ccc[n+]2c1-c1ncc(C)n1C2. The maximum Gasteiger partial charge on any atom is 0.772 e. The van der Waals surface area contributed by atoms with E-state index in [0.29, 0.717) is 12.5 Å². The van der Waals surface area contributed by atoms with Gasteiger partial charge in [0.25, 0.3) is 23.3 Å². The van der Waals surface area contributed by atoms with Crippen molar-refractivity contribution in [3.63, 3.8) is 0 Å². The van der Waals surface area contributed by atoms with Gasteiger partial charge in [-0.1, -0.05) is 18.2 Å². The van der Waals surface area contributed by atoms with E-state index in [9.17, 15) is 0 Å². The molecule has 0 saturated heterocycles. The highest BCUT2D eigenvalue weighted by atomic mass is 16.7. The minimum atomic E-state index is -1.86. The summed E-state index contributed by atoms with van der Waals surface area (Å²) in [4.78, 5) is 22.1. The zero-order valence-electron chi connectivity index (χ0n) is 45.1. The van der Waals surface area contributed by atoms with Gasteiger partial charge in [-0.25, -0.2) is 29.4 Å². The van der Waals surface area contributed by atoms with Gasteiger partial charge >= 0.3 is 50.6 Å². The van der Waals surface area contributed by atoms with E-state index in [-0.39, 0.29) is 0 Å². The van der Waals surface area contributed by atoms with E-state index in [0.717, 1.165) is 72.7 Å². The molecule has 5 aliphatic rings. The lowest BCUT2D eigenvalue weighted by Crippen LogP contribution is -2.57. The van der Waals surface area contributed by atoms with E-state index in [2.05, 4.69) is 146 Å². The molecular weight excluding hydrogens is 998 g/mol. The number of aromatic nitrogens is 20. The second kappa shape index (κ2) is 18.9. The number of pyridine rings is 2. The summed E-state index contributed by atoms with van der Waals surface area (Å²) >= 11 is 0. The fourth-order valence-electron chi connectivity index (χ4n) is 11.4. The van der Waals surface area contributed by atoms with E-state index >= 15 is 0 Å². The number of hydrogen-bond acceptors (Lipinski definition) is 8. The lowest BCUT2D eigenvalue weighted by atomic mass is 10.0. The van der Waals surface area contributed by atoms with Gasteiger partial charge in [-0.2, -0.15) is 0 Å². The number of fused-ring (bicyclic) bond motifs is 15. The predicted molar refractivity (Wildman–Crippen MR) is 278 cm³/mol. The van der Waals surface area contributed by atoms with E-state index in [1.54, 1.807) is 22.9 Å². The van der Waals surface area contributed by atoms with E-state index in [1.807, 2.05) is 111 Å². The van der Waals surface area contributed by atoms with Crippen molar-refractivity contribution in [2.24, 2.45) is 21.1 Å². The second-order valence-electron chi connectivity index (χ2n) is 20.3. The monoisotopic (exact) mass is 1060 g/mol. The maximum absolute atomic E-state index is 8.87. The van der Waals surface area contributed by atoms with Crippen molar-refractivity contribution in [3.8, 4) is 46.6 Å². The smallest absolute Gasteiger partial charge is 0.387 e. The molecule has 0 aliphatic carbocycles. The standard InChI is InChI=1S/C16H14N4.2C10H12N4.C9H11BN4O3.C9H9BN4/c1-10-6-7-17-15-13(10)12-5-3-4-11-8-19-9-18(2)20(15)16(19)14(11)12;2*1-8-6-11-9-10-12(2)4-3-5-13(10)7-14(8)9;1-7-5-11-8-9-12(6-13(7)8)3-2-4-14(9)17-10(15)16;1-7-5-11-8-9-12(6-13(7)8)3-2-4-14(9)10/h3-7,9H,8H2,1-2H3;2*3-6H,7H2,1-2H3;2-5,15-16H,6H2,1H3;2-5H,6H2,1H3/q5*+2. The minimum Gasteiger partial charge on any atom is -0.387 e. The molecule has 2 radical (unpaired) electrons. The van der Waals surface area contributed by atoms with Crippen LogP contribution in [-0.4, -0.2) is 73.1 Å². The Morgan fingerprint density at radius 3 is 1.56 bits per heavy atom. The van der Waals surface area contributed by atoms with Crippen LogP contribution in [-0.2, 0) is 54.4 Å². The molecule has 23 nitrogen and oxygen atoms in total. The Hall–Kier alpha value is -9.48. The summed E-state index contributed by atoms with van der Waals surface area (Å²) in [5.41, 5.74) is 9.59. The van der Waals surface area contributed by atoms with Gasteiger partial charge in [-0.15, -0.1) is 32.0 Å². The molecule has 12 aromatic rings. The third kappa shape index (κ3) is 8.01. The summed E-state index contributed by atoms with van der Waals surface area (Å²) in [6.07, 6.45) is 27.1. The van der Waals surface area contributed by atoms with Crippen molar-refractivity contribution in [2.45, 2.75) is 67.8 Å². The van der Waals surface area contributed by atoms with Crippen molar-refractivity contribution in [3.05, 3.63) is 169 Å². The van der Waals surface area contributed by atoms with Crippen molar-refractivity contribution in [2.75, 3.05) is 0 Å². The maximum atomic E-state index is 8.87. The van der Waals surface area contributed by atoms with Crippen LogP contribution in [0.4, 0.5) is 0 Å². The molecule has 0 unspecified atom stereocenters. The Bertz CT molecular complexity index is 4230. The third-order valence-corrected chi connectivity index (χ3v) is 15.2. The Morgan fingerprint density at radius 2 is 1.01 bits per heavy atom. The molecule has 0 bridgehead atoms. The number of hydrogen-bond donors (Lipinski definition) is 2. The van der Waals surface area contributed by atoms with Crippen molar-refractivity contribution in [1.82, 2.24) is 47.7 Å². The van der Waals surface area contributed by atoms with Crippen LogP contribution in [0.1, 0.15) is 33.9 Å². The molecule has 1 aromatic carbocycles. The lowest BCUT2D eigenvalue weighted by Gasteiger charge is -2.05. The van der Waals surface area contributed by atoms with Crippen LogP contribution < -0.4 is 50.6 Å². The zero-order chi connectivity index (χ0) is 54.5. The zero-order valence-corrected chi connectivity index (χ0v) is 45.1. The van der Waals surface area contributed by atoms with Crippen LogP contribution in [0.25, 0.3) is 74.0 Å². The lowest BCUT2D eigenvalue weighted by molar-refractivity contribution is -0.909. The van der Waals surface area contributed by atoms with Gasteiger partial charge < -0.3 is 10.0 Å². The van der Waals surface area contributed by atoms with Gasteiger partial charge in [-0.05, 0) is 55.4 Å². The Balaban J connectivity index is 0.0000000944. The van der Waals surface area contributed by atoms with Crippen LogP contribution in [0.3, 0.4) is 0 Å². The molecule has 0 saturated carbocycles. The van der Waals surface area contributed by atoms with Gasteiger partial charge in [0.1, 0.15) is 14.1 Å². The van der Waals surface area contributed by atoms with Crippen LogP contribution in [0, 0.1) is 34.6 Å². The summed E-state index contributed by atoms with van der Waals surface area (Å²) in [6, 6.07) is 16.5. The van der Waals surface area contributed by atoms with Gasteiger partial charge in [-0.3, -0.25) is 23.0 Å². The molecule has 0 fully saturated rings. The highest BCUT2D eigenvalue weighted by Crippen LogP contribution is 2.33. The van der Waals surface area contributed by atoms with Crippen LogP contribution in [0.2, 0.25) is 0 Å².